The zero-order valence-corrected chi connectivity index (χ0v) is 40.5. The van der Waals surface area contributed by atoms with Crippen molar-refractivity contribution in [3.05, 3.63) is 101 Å². The van der Waals surface area contributed by atoms with Crippen molar-refractivity contribution in [3.63, 3.8) is 0 Å². The van der Waals surface area contributed by atoms with Crippen LogP contribution in [0.3, 0.4) is 0 Å². The van der Waals surface area contributed by atoms with Gasteiger partial charge in [0.1, 0.15) is 29.9 Å². The maximum Gasteiger partial charge on any atom is 0.262 e. The Kier molecular flexibility index (Phi) is 18.5. The molecule has 4 unspecified atom stereocenters. The minimum absolute atomic E-state index is 0.0387. The van der Waals surface area contributed by atoms with Gasteiger partial charge in [0.2, 0.25) is 39.6 Å². The Hall–Kier alpha value is -5.75. The SMILES string of the molecule is CS(=O)(=O)N1CCC(C(=O)N[C@@H](CCOCCCC(=O)NCCOCc2cccc(COCCOc3ccc4c(c3)C(=O)N(C3CCC(=O)NC3=O)C4=O)c2)C(=O)NC2NC(c3ccccc3)CS2)C1. The largest absolute Gasteiger partial charge is 0.491 e. The van der Waals surface area contributed by atoms with Crippen molar-refractivity contribution in [2.45, 2.75) is 75.4 Å². The molecule has 4 heterocycles. The summed E-state index contributed by atoms with van der Waals surface area (Å²) in [6.45, 7) is 2.37. The number of thioether (sulfide) groups is 1. The number of carbonyl (C=O) groups is 7. The third-order valence-electron chi connectivity index (χ3n) is 12.1. The van der Waals surface area contributed by atoms with Gasteiger partial charge in [-0.05, 0) is 60.6 Å². The summed E-state index contributed by atoms with van der Waals surface area (Å²) in [5.41, 5.74) is 2.88. The lowest BCUT2D eigenvalue weighted by Crippen LogP contribution is -2.54. The molecule has 3 saturated heterocycles. The second-order valence-corrected chi connectivity index (χ2v) is 20.4. The van der Waals surface area contributed by atoms with Crippen molar-refractivity contribution in [2.24, 2.45) is 5.92 Å². The fraction of sp³-hybridized carbons (Fsp3) is 0.479. The summed E-state index contributed by atoms with van der Waals surface area (Å²) in [6, 6.07) is 20.2. The van der Waals surface area contributed by atoms with Gasteiger partial charge in [-0.3, -0.25) is 49.1 Å². The first kappa shape index (κ1) is 52.1. The highest BCUT2D eigenvalue weighted by atomic mass is 32.2. The van der Waals surface area contributed by atoms with Crippen LogP contribution in [0, 0.1) is 5.92 Å². The number of piperidine rings is 1. The summed E-state index contributed by atoms with van der Waals surface area (Å²) in [6.07, 6.45) is 2.42. The second kappa shape index (κ2) is 24.9. The average molecular weight is 1010 g/mol. The number of nitrogens with one attached hydrogen (secondary N) is 5. The highest BCUT2D eigenvalue weighted by Crippen LogP contribution is 2.31. The normalized spacial score (nSPS) is 20.8. The predicted molar refractivity (Wildman–Crippen MR) is 255 cm³/mol. The van der Waals surface area contributed by atoms with Gasteiger partial charge in [-0.1, -0.05) is 54.6 Å². The van der Waals surface area contributed by atoms with Crippen molar-refractivity contribution in [2.75, 3.05) is 64.7 Å². The minimum atomic E-state index is -3.44. The van der Waals surface area contributed by atoms with E-state index in [1.165, 1.54) is 16.4 Å². The lowest BCUT2D eigenvalue weighted by atomic mass is 10.0. The molecule has 3 aromatic carbocycles. The molecule has 5 N–H and O–H groups in total. The standard InChI is InChI=1S/C48H59N7O13S2/c1-70(63,64)54-19-16-34(27-54)43(58)50-38(44(59)53-48-51-39(30-69-48)33-9-3-2-4-10-33)17-21-65-20-6-11-41(56)49-18-22-66-28-31-7-5-8-32(25-31)29-67-23-24-68-35-12-13-36-37(26-35)47(62)55(46(36)61)40-14-15-42(57)52-45(40)60/h2-5,7-10,12-13,25-26,34,38-40,48,51H,6,11,14-24,27-30H2,1H3,(H,49,56)(H,50,58)(H,53,59)(H,52,57,60)/t34?,38-,39?,40?,48?/m0/s1. The molecule has 0 bridgehead atoms. The van der Waals surface area contributed by atoms with E-state index in [9.17, 15) is 42.0 Å². The van der Waals surface area contributed by atoms with Crippen LogP contribution in [0.2, 0.25) is 0 Å². The monoisotopic (exact) mass is 1010 g/mol. The number of ether oxygens (including phenoxy) is 4. The van der Waals surface area contributed by atoms with Crippen LogP contribution in [-0.4, -0.2) is 141 Å². The van der Waals surface area contributed by atoms with Gasteiger partial charge in [0, 0.05) is 57.5 Å². The summed E-state index contributed by atoms with van der Waals surface area (Å²) in [5.74, 6) is -2.69. The zero-order chi connectivity index (χ0) is 49.6. The quantitative estimate of drug-likeness (QED) is 0.0599. The molecule has 0 radical (unpaired) electrons. The third kappa shape index (κ3) is 14.4. The molecule has 0 aromatic heterocycles. The molecule has 4 aliphatic rings. The van der Waals surface area contributed by atoms with Gasteiger partial charge in [0.05, 0.1) is 49.7 Å². The lowest BCUT2D eigenvalue weighted by Gasteiger charge is -2.27. The summed E-state index contributed by atoms with van der Waals surface area (Å²) in [7, 11) is -3.44. The summed E-state index contributed by atoms with van der Waals surface area (Å²) < 4.78 is 48.5. The van der Waals surface area contributed by atoms with Gasteiger partial charge < -0.3 is 34.9 Å². The maximum absolute atomic E-state index is 13.5. The molecule has 376 valence electrons. The van der Waals surface area contributed by atoms with Crippen LogP contribution in [0.4, 0.5) is 0 Å². The Morgan fingerprint density at radius 2 is 1.60 bits per heavy atom. The minimum Gasteiger partial charge on any atom is -0.491 e. The summed E-state index contributed by atoms with van der Waals surface area (Å²) in [4.78, 5) is 90.0. The fourth-order valence-corrected chi connectivity index (χ4v) is 10.4. The van der Waals surface area contributed by atoms with Crippen LogP contribution in [0.15, 0.2) is 72.8 Å². The molecule has 0 spiro atoms. The smallest absolute Gasteiger partial charge is 0.262 e. The molecule has 22 heteroatoms. The maximum atomic E-state index is 13.5. The Bertz CT molecular complexity index is 2500. The van der Waals surface area contributed by atoms with E-state index in [4.69, 9.17) is 18.9 Å². The highest BCUT2D eigenvalue weighted by Gasteiger charge is 2.45. The van der Waals surface area contributed by atoms with Crippen LogP contribution >= 0.6 is 11.8 Å². The van der Waals surface area contributed by atoms with Gasteiger partial charge in [-0.15, -0.1) is 11.8 Å². The zero-order valence-electron chi connectivity index (χ0n) is 38.9. The molecule has 3 fully saturated rings. The molecule has 5 atom stereocenters. The van der Waals surface area contributed by atoms with E-state index < -0.39 is 51.7 Å². The lowest BCUT2D eigenvalue weighted by molar-refractivity contribution is -0.136. The molecular weight excluding hydrogens is 947 g/mol. The average Bonchev–Trinajstić information content (AvgIpc) is 4.09. The molecule has 20 nitrogen and oxygen atoms in total. The van der Waals surface area contributed by atoms with Crippen LogP contribution in [0.1, 0.15) is 82.0 Å². The molecule has 7 rings (SSSR count). The van der Waals surface area contributed by atoms with Crippen LogP contribution < -0.4 is 31.3 Å². The van der Waals surface area contributed by atoms with E-state index >= 15 is 0 Å². The topological polar surface area (TPSA) is 257 Å². The molecule has 3 aromatic rings. The van der Waals surface area contributed by atoms with Crippen molar-refractivity contribution in [3.8, 4) is 5.75 Å². The number of sulfonamides is 1. The Balaban J connectivity index is 0.745. The van der Waals surface area contributed by atoms with Crippen molar-refractivity contribution in [1.29, 1.82) is 0 Å². The second-order valence-electron chi connectivity index (χ2n) is 17.3. The van der Waals surface area contributed by atoms with Crippen molar-refractivity contribution >= 4 is 63.1 Å². The number of rotatable bonds is 25. The van der Waals surface area contributed by atoms with Crippen LogP contribution in [0.25, 0.3) is 0 Å². The van der Waals surface area contributed by atoms with Gasteiger partial charge in [-0.2, -0.15) is 0 Å². The first-order valence-electron chi connectivity index (χ1n) is 23.3. The number of amides is 7. The van der Waals surface area contributed by atoms with E-state index in [-0.39, 0.29) is 106 Å². The molecule has 0 aliphatic carbocycles. The third-order valence-corrected chi connectivity index (χ3v) is 14.5. The molecule has 70 heavy (non-hydrogen) atoms. The fourth-order valence-electron chi connectivity index (χ4n) is 8.40. The summed E-state index contributed by atoms with van der Waals surface area (Å²) >= 11 is 1.55. The van der Waals surface area contributed by atoms with E-state index in [0.717, 1.165) is 33.6 Å². The van der Waals surface area contributed by atoms with Gasteiger partial charge in [0.15, 0.2) is 0 Å². The number of hydrogen-bond acceptors (Lipinski definition) is 15. The Labute approximate surface area is 410 Å². The number of carbonyl (C=O) groups excluding carboxylic acids is 7. The number of nitrogens with zero attached hydrogens (tertiary/aromatic N) is 2. The van der Waals surface area contributed by atoms with Gasteiger partial charge >= 0.3 is 0 Å². The number of imide groups is 2. The van der Waals surface area contributed by atoms with Crippen molar-refractivity contribution in [1.82, 2.24) is 35.8 Å². The Morgan fingerprint density at radius 3 is 2.34 bits per heavy atom. The van der Waals surface area contributed by atoms with Crippen LogP contribution in [-0.2, 0) is 61.4 Å². The first-order chi connectivity index (χ1) is 33.7. The molecule has 4 aliphatic heterocycles. The highest BCUT2D eigenvalue weighted by molar-refractivity contribution is 8.00. The van der Waals surface area contributed by atoms with Gasteiger partial charge in [0.25, 0.3) is 11.8 Å². The molecule has 0 saturated carbocycles. The number of fused-ring (bicyclic) bond motifs is 1. The van der Waals surface area contributed by atoms with Crippen molar-refractivity contribution < 1.29 is 60.9 Å². The van der Waals surface area contributed by atoms with E-state index in [1.807, 2.05) is 54.6 Å². The summed E-state index contributed by atoms with van der Waals surface area (Å²) in [5, 5.41) is 14.3. The Morgan fingerprint density at radius 1 is 0.843 bits per heavy atom. The molecular formula is C48H59N7O13S2. The molecule has 7 amide bonds. The number of hydrogen-bond donors (Lipinski definition) is 5. The van der Waals surface area contributed by atoms with Gasteiger partial charge in [-0.25, -0.2) is 12.7 Å². The van der Waals surface area contributed by atoms with Crippen LogP contribution in [0.5, 0.6) is 5.75 Å². The number of benzene rings is 3. The van der Waals surface area contributed by atoms with E-state index in [2.05, 4.69) is 26.6 Å². The van der Waals surface area contributed by atoms with E-state index in [1.54, 1.807) is 17.8 Å². The predicted octanol–water partition coefficient (Wildman–Crippen LogP) is 1.75. The van der Waals surface area contributed by atoms with E-state index in [0.29, 0.717) is 45.0 Å². The first-order valence-corrected chi connectivity index (χ1v) is 26.2.